The summed E-state index contributed by atoms with van der Waals surface area (Å²) in [6, 6.07) is 13.9. The molecule has 6 nitrogen and oxygen atoms in total. The topological polar surface area (TPSA) is 51.0 Å². The number of halogens is 1. The highest BCUT2D eigenvalue weighted by molar-refractivity contribution is 5.55. The van der Waals surface area contributed by atoms with Crippen molar-refractivity contribution in [1.82, 2.24) is 14.8 Å². The third-order valence-corrected chi connectivity index (χ3v) is 5.24. The van der Waals surface area contributed by atoms with Gasteiger partial charge in [-0.05, 0) is 48.5 Å². The highest BCUT2D eigenvalue weighted by Crippen LogP contribution is 2.21. The molecule has 0 N–H and O–H groups in total. The number of ether oxygens (including phenoxy) is 2. The quantitative estimate of drug-likeness (QED) is 0.564. The van der Waals surface area contributed by atoms with E-state index >= 15 is 0 Å². The zero-order chi connectivity index (χ0) is 20.8. The summed E-state index contributed by atoms with van der Waals surface area (Å²) in [6.07, 6.45) is 1.70. The van der Waals surface area contributed by atoms with E-state index in [2.05, 4.69) is 14.8 Å². The van der Waals surface area contributed by atoms with E-state index in [0.29, 0.717) is 24.8 Å². The predicted octanol–water partition coefficient (Wildman–Crippen LogP) is 3.69. The molecule has 30 heavy (non-hydrogen) atoms. The van der Waals surface area contributed by atoms with Crippen molar-refractivity contribution >= 4 is 0 Å². The molecule has 0 unspecified atom stereocenters. The summed E-state index contributed by atoms with van der Waals surface area (Å²) in [5.74, 6) is 2.78. The second-order valence-corrected chi connectivity index (χ2v) is 7.27. The third kappa shape index (κ3) is 5.37. The van der Waals surface area contributed by atoms with Gasteiger partial charge in [0.15, 0.2) is 5.76 Å². The van der Waals surface area contributed by atoms with E-state index in [4.69, 9.17) is 13.9 Å². The Balaban J connectivity index is 1.19. The summed E-state index contributed by atoms with van der Waals surface area (Å²) < 4.78 is 29.9. The summed E-state index contributed by atoms with van der Waals surface area (Å²) in [5, 5.41) is 0. The van der Waals surface area contributed by atoms with E-state index in [1.165, 1.54) is 12.1 Å². The van der Waals surface area contributed by atoms with E-state index in [1.807, 2.05) is 24.3 Å². The smallest absolute Gasteiger partial charge is 0.209 e. The standard InChI is InChI=1S/C23H26FN3O3/c1-28-20-6-8-21(9-7-20)29-15-14-26-10-12-27(13-11-26)17-23-25-16-22(30-23)18-2-4-19(24)5-3-18/h2-9,16H,10-15,17H2,1H3. The molecule has 1 aromatic heterocycles. The van der Waals surface area contributed by atoms with E-state index in [0.717, 1.165) is 49.8 Å². The maximum absolute atomic E-state index is 13.1. The number of methoxy groups -OCH3 is 1. The Labute approximate surface area is 175 Å². The Kier molecular flexibility index (Phi) is 6.61. The number of aromatic nitrogens is 1. The number of hydrogen-bond acceptors (Lipinski definition) is 6. The highest BCUT2D eigenvalue weighted by atomic mass is 19.1. The molecule has 0 spiro atoms. The average Bonchev–Trinajstić information content (AvgIpc) is 3.24. The molecule has 0 bridgehead atoms. The minimum absolute atomic E-state index is 0.259. The van der Waals surface area contributed by atoms with Crippen LogP contribution in [0.1, 0.15) is 5.89 Å². The molecule has 2 heterocycles. The SMILES string of the molecule is COc1ccc(OCCN2CCN(Cc3ncc(-c4ccc(F)cc4)o3)CC2)cc1. The largest absolute Gasteiger partial charge is 0.497 e. The molecule has 7 heteroatoms. The van der Waals surface area contributed by atoms with Gasteiger partial charge < -0.3 is 13.9 Å². The molecule has 1 fully saturated rings. The van der Waals surface area contributed by atoms with E-state index < -0.39 is 0 Å². The van der Waals surface area contributed by atoms with Crippen molar-refractivity contribution in [1.29, 1.82) is 0 Å². The van der Waals surface area contributed by atoms with Gasteiger partial charge in [-0.25, -0.2) is 9.37 Å². The summed E-state index contributed by atoms with van der Waals surface area (Å²) in [4.78, 5) is 9.12. The van der Waals surface area contributed by atoms with E-state index in [-0.39, 0.29) is 5.82 Å². The molecule has 0 aliphatic carbocycles. The average molecular weight is 411 g/mol. The zero-order valence-corrected chi connectivity index (χ0v) is 17.1. The van der Waals surface area contributed by atoms with Crippen LogP contribution in [0, 0.1) is 5.82 Å². The van der Waals surface area contributed by atoms with Crippen LogP contribution in [0.25, 0.3) is 11.3 Å². The molecule has 1 aliphatic heterocycles. The van der Waals surface area contributed by atoms with Gasteiger partial charge in [0.25, 0.3) is 0 Å². The van der Waals surface area contributed by atoms with Crippen LogP contribution >= 0.6 is 0 Å². The first-order valence-corrected chi connectivity index (χ1v) is 10.1. The van der Waals surface area contributed by atoms with Gasteiger partial charge in [0.2, 0.25) is 5.89 Å². The fraction of sp³-hybridized carbons (Fsp3) is 0.348. The van der Waals surface area contributed by atoms with E-state index in [1.54, 1.807) is 25.4 Å². The summed E-state index contributed by atoms with van der Waals surface area (Å²) in [6.45, 7) is 6.11. The first-order chi connectivity index (χ1) is 14.7. The van der Waals surface area contributed by atoms with Crippen LogP contribution in [-0.2, 0) is 6.54 Å². The maximum atomic E-state index is 13.1. The lowest BCUT2D eigenvalue weighted by atomic mass is 10.2. The number of oxazole rings is 1. The van der Waals surface area contributed by atoms with Crippen molar-refractivity contribution in [3.05, 3.63) is 66.4 Å². The second kappa shape index (κ2) is 9.73. The van der Waals surface area contributed by atoms with Gasteiger partial charge in [0.05, 0.1) is 19.9 Å². The Bertz CT molecular complexity index is 920. The molecule has 1 aliphatic rings. The Morgan fingerprint density at radius 2 is 1.60 bits per heavy atom. The van der Waals surface area contributed by atoms with Crippen LogP contribution in [0.3, 0.4) is 0 Å². The highest BCUT2D eigenvalue weighted by Gasteiger charge is 2.19. The van der Waals surface area contributed by atoms with Crippen LogP contribution in [0.4, 0.5) is 4.39 Å². The van der Waals surface area contributed by atoms with Gasteiger partial charge in [-0.15, -0.1) is 0 Å². The molecule has 0 saturated carbocycles. The predicted molar refractivity (Wildman–Crippen MR) is 112 cm³/mol. The first kappa shape index (κ1) is 20.4. The zero-order valence-electron chi connectivity index (χ0n) is 17.1. The monoisotopic (exact) mass is 411 g/mol. The van der Waals surface area contributed by atoms with Gasteiger partial charge in [-0.2, -0.15) is 0 Å². The molecule has 3 aromatic rings. The van der Waals surface area contributed by atoms with Crippen LogP contribution in [0.2, 0.25) is 0 Å². The van der Waals surface area contributed by atoms with Gasteiger partial charge in [-0.1, -0.05) is 0 Å². The number of nitrogens with zero attached hydrogens (tertiary/aromatic N) is 3. The minimum Gasteiger partial charge on any atom is -0.497 e. The third-order valence-electron chi connectivity index (χ3n) is 5.24. The molecule has 4 rings (SSSR count). The minimum atomic E-state index is -0.259. The Morgan fingerprint density at radius 3 is 2.30 bits per heavy atom. The van der Waals surface area contributed by atoms with Crippen molar-refractivity contribution in [2.75, 3.05) is 46.4 Å². The lowest BCUT2D eigenvalue weighted by Crippen LogP contribution is -2.47. The first-order valence-electron chi connectivity index (χ1n) is 10.1. The molecule has 158 valence electrons. The molecular weight excluding hydrogens is 385 g/mol. The fourth-order valence-electron chi connectivity index (χ4n) is 3.46. The van der Waals surface area contributed by atoms with Crippen LogP contribution in [0.15, 0.2) is 59.1 Å². The van der Waals surface area contributed by atoms with Crippen molar-refractivity contribution in [2.45, 2.75) is 6.54 Å². The number of rotatable bonds is 8. The van der Waals surface area contributed by atoms with Gasteiger partial charge >= 0.3 is 0 Å². The fourth-order valence-corrected chi connectivity index (χ4v) is 3.46. The molecule has 0 amide bonds. The van der Waals surface area contributed by atoms with Crippen molar-refractivity contribution in [2.24, 2.45) is 0 Å². The number of piperazine rings is 1. The molecule has 2 aromatic carbocycles. The van der Waals surface area contributed by atoms with Crippen molar-refractivity contribution in [3.63, 3.8) is 0 Å². The Morgan fingerprint density at radius 1 is 0.933 bits per heavy atom. The van der Waals surface area contributed by atoms with Crippen LogP contribution < -0.4 is 9.47 Å². The lowest BCUT2D eigenvalue weighted by Gasteiger charge is -2.33. The van der Waals surface area contributed by atoms with Crippen LogP contribution in [-0.4, -0.2) is 61.2 Å². The van der Waals surface area contributed by atoms with Crippen molar-refractivity contribution < 1.29 is 18.3 Å². The molecule has 1 saturated heterocycles. The summed E-state index contributed by atoms with van der Waals surface area (Å²) >= 11 is 0. The van der Waals surface area contributed by atoms with E-state index in [9.17, 15) is 4.39 Å². The Hall–Kier alpha value is -2.90. The van der Waals surface area contributed by atoms with Gasteiger partial charge in [0.1, 0.15) is 23.9 Å². The van der Waals surface area contributed by atoms with Gasteiger partial charge in [0, 0.05) is 38.3 Å². The van der Waals surface area contributed by atoms with Crippen molar-refractivity contribution in [3.8, 4) is 22.8 Å². The number of hydrogen-bond donors (Lipinski definition) is 0. The number of benzene rings is 2. The molecule has 0 atom stereocenters. The second-order valence-electron chi connectivity index (χ2n) is 7.27. The van der Waals surface area contributed by atoms with Gasteiger partial charge in [-0.3, -0.25) is 9.80 Å². The maximum Gasteiger partial charge on any atom is 0.209 e. The normalized spacial score (nSPS) is 15.3. The molecular formula is C23H26FN3O3. The lowest BCUT2D eigenvalue weighted by molar-refractivity contribution is 0.106. The summed E-state index contributed by atoms with van der Waals surface area (Å²) in [5.41, 5.74) is 0.830. The molecule has 0 radical (unpaired) electrons. The summed E-state index contributed by atoms with van der Waals surface area (Å²) in [7, 11) is 1.65. The van der Waals surface area contributed by atoms with Crippen LogP contribution in [0.5, 0.6) is 11.5 Å².